The average molecular weight is 351 g/mol. The van der Waals surface area contributed by atoms with Gasteiger partial charge in [-0.05, 0) is 49.2 Å². The number of hydrogen-bond donors (Lipinski definition) is 3. The van der Waals surface area contributed by atoms with Gasteiger partial charge in [0.05, 0.1) is 10.5 Å². The lowest BCUT2D eigenvalue weighted by Crippen LogP contribution is -2.42. The number of nitrogens with one attached hydrogen (secondary N) is 2. The summed E-state index contributed by atoms with van der Waals surface area (Å²) >= 11 is 0. The Morgan fingerprint density at radius 2 is 1.88 bits per heavy atom. The molecule has 1 aromatic heterocycles. The summed E-state index contributed by atoms with van der Waals surface area (Å²) in [6.07, 6.45) is 1.65. The minimum atomic E-state index is -4.12. The molecule has 2 rings (SSSR count). The van der Waals surface area contributed by atoms with E-state index in [4.69, 9.17) is 5.11 Å². The molecule has 3 N–H and O–H groups in total. The van der Waals surface area contributed by atoms with E-state index in [9.17, 15) is 18.0 Å². The number of sulfonamides is 1. The van der Waals surface area contributed by atoms with Crippen molar-refractivity contribution in [3.8, 4) is 0 Å². The SMILES string of the molecule is Cc1cc(C(=O)O)cc(S(=O)(=O)NNC(=O)c2cccn2C)c1C. The molecule has 2 aromatic rings. The Labute approximate surface area is 139 Å². The van der Waals surface area contributed by atoms with E-state index in [1.165, 1.54) is 16.7 Å². The van der Waals surface area contributed by atoms with Crippen molar-refractivity contribution in [1.82, 2.24) is 14.8 Å². The second kappa shape index (κ2) is 6.46. The van der Waals surface area contributed by atoms with Gasteiger partial charge < -0.3 is 9.67 Å². The average Bonchev–Trinajstić information content (AvgIpc) is 2.93. The maximum Gasteiger partial charge on any atom is 0.335 e. The second-order valence-corrected chi connectivity index (χ2v) is 6.94. The molecule has 0 fully saturated rings. The number of nitrogens with zero attached hydrogens (tertiary/aromatic N) is 1. The van der Waals surface area contributed by atoms with Gasteiger partial charge in [-0.1, -0.05) is 0 Å². The number of aromatic carboxylic acids is 1. The standard InChI is InChI=1S/C15H17N3O5S/c1-9-7-11(15(20)21)8-13(10(9)2)24(22,23)17-16-14(19)12-5-4-6-18(12)3/h4-8,17H,1-3H3,(H,16,19)(H,20,21). The lowest BCUT2D eigenvalue weighted by Gasteiger charge is -2.13. The van der Waals surface area contributed by atoms with Gasteiger partial charge in [0.1, 0.15) is 5.69 Å². The summed E-state index contributed by atoms with van der Waals surface area (Å²) in [6.45, 7) is 3.18. The monoisotopic (exact) mass is 351 g/mol. The first-order valence-electron chi connectivity index (χ1n) is 6.91. The van der Waals surface area contributed by atoms with Gasteiger partial charge in [-0.3, -0.25) is 10.2 Å². The molecular formula is C15H17N3O5S. The third-order valence-corrected chi connectivity index (χ3v) is 5.01. The fourth-order valence-electron chi connectivity index (χ4n) is 2.16. The predicted octanol–water partition coefficient (Wildman–Crippen LogP) is 0.963. The van der Waals surface area contributed by atoms with Crippen LogP contribution in [0.4, 0.5) is 0 Å². The third-order valence-electron chi connectivity index (χ3n) is 3.63. The number of carbonyl (C=O) groups excluding carboxylic acids is 1. The Balaban J connectivity index is 2.29. The van der Waals surface area contributed by atoms with Gasteiger partial charge in [0.25, 0.3) is 15.9 Å². The first kappa shape index (κ1) is 17.7. The van der Waals surface area contributed by atoms with E-state index in [2.05, 4.69) is 5.43 Å². The lowest BCUT2D eigenvalue weighted by molar-refractivity contribution is 0.0696. The number of carboxylic acid groups (broad SMARTS) is 1. The van der Waals surface area contributed by atoms with Gasteiger partial charge >= 0.3 is 5.97 Å². The predicted molar refractivity (Wildman–Crippen MR) is 86.1 cm³/mol. The summed E-state index contributed by atoms with van der Waals surface area (Å²) in [5, 5.41) is 9.08. The summed E-state index contributed by atoms with van der Waals surface area (Å²) < 4.78 is 26.4. The maximum atomic E-state index is 12.4. The number of carboxylic acids is 1. The van der Waals surface area contributed by atoms with E-state index in [0.29, 0.717) is 11.1 Å². The van der Waals surface area contributed by atoms with Gasteiger partial charge in [0, 0.05) is 13.2 Å². The van der Waals surface area contributed by atoms with E-state index >= 15 is 0 Å². The number of amides is 1. The zero-order valence-corrected chi connectivity index (χ0v) is 14.1. The second-order valence-electron chi connectivity index (χ2n) is 5.29. The third kappa shape index (κ3) is 3.47. The van der Waals surface area contributed by atoms with Crippen LogP contribution < -0.4 is 10.3 Å². The summed E-state index contributed by atoms with van der Waals surface area (Å²) in [5.74, 6) is -1.86. The minimum absolute atomic E-state index is 0.146. The van der Waals surface area contributed by atoms with Crippen molar-refractivity contribution in [3.63, 3.8) is 0 Å². The Morgan fingerprint density at radius 1 is 1.21 bits per heavy atom. The molecule has 0 saturated heterocycles. The van der Waals surface area contributed by atoms with Gasteiger partial charge in [0.2, 0.25) is 0 Å². The van der Waals surface area contributed by atoms with Crippen molar-refractivity contribution in [2.24, 2.45) is 7.05 Å². The quantitative estimate of drug-likeness (QED) is 0.694. The number of aryl methyl sites for hydroxylation is 2. The summed E-state index contributed by atoms with van der Waals surface area (Å²) in [5.41, 5.74) is 3.16. The van der Waals surface area contributed by atoms with Crippen LogP contribution in [0.25, 0.3) is 0 Å². The number of hydrazine groups is 1. The Hall–Kier alpha value is -2.65. The number of aromatic nitrogens is 1. The topological polar surface area (TPSA) is 118 Å². The molecule has 0 aliphatic carbocycles. The molecule has 0 atom stereocenters. The summed E-state index contributed by atoms with van der Waals surface area (Å²) in [6, 6.07) is 5.62. The van der Waals surface area contributed by atoms with Crippen molar-refractivity contribution in [2.75, 3.05) is 0 Å². The van der Waals surface area contributed by atoms with Crippen LogP contribution in [-0.4, -0.2) is 30.0 Å². The van der Waals surface area contributed by atoms with Crippen LogP contribution in [0.3, 0.4) is 0 Å². The highest BCUT2D eigenvalue weighted by Crippen LogP contribution is 2.21. The first-order chi connectivity index (χ1) is 11.1. The molecule has 0 bridgehead atoms. The van der Waals surface area contributed by atoms with E-state index in [-0.39, 0.29) is 16.2 Å². The van der Waals surface area contributed by atoms with E-state index in [1.54, 1.807) is 33.2 Å². The molecule has 8 nitrogen and oxygen atoms in total. The fraction of sp³-hybridized carbons (Fsp3) is 0.200. The largest absolute Gasteiger partial charge is 0.478 e. The van der Waals surface area contributed by atoms with Crippen molar-refractivity contribution < 1.29 is 23.1 Å². The molecule has 24 heavy (non-hydrogen) atoms. The van der Waals surface area contributed by atoms with Crippen LogP contribution in [0.5, 0.6) is 0 Å². The molecule has 0 radical (unpaired) electrons. The van der Waals surface area contributed by atoms with Crippen LogP contribution in [-0.2, 0) is 17.1 Å². The number of rotatable bonds is 5. The van der Waals surface area contributed by atoms with Crippen molar-refractivity contribution >= 4 is 21.9 Å². The summed E-state index contributed by atoms with van der Waals surface area (Å²) in [4.78, 5) is 24.9. The van der Waals surface area contributed by atoms with E-state index < -0.39 is 21.9 Å². The van der Waals surface area contributed by atoms with Gasteiger partial charge in [-0.2, -0.15) is 0 Å². The fourth-order valence-corrected chi connectivity index (χ4v) is 3.34. The molecular weight excluding hydrogens is 334 g/mol. The van der Waals surface area contributed by atoms with Crippen molar-refractivity contribution in [3.05, 3.63) is 52.8 Å². The molecule has 0 aliphatic rings. The smallest absolute Gasteiger partial charge is 0.335 e. The molecule has 128 valence electrons. The van der Waals surface area contributed by atoms with Crippen molar-refractivity contribution in [1.29, 1.82) is 0 Å². The molecule has 0 aliphatic heterocycles. The van der Waals surface area contributed by atoms with Gasteiger partial charge in [-0.15, -0.1) is 4.83 Å². The lowest BCUT2D eigenvalue weighted by atomic mass is 10.1. The minimum Gasteiger partial charge on any atom is -0.478 e. The summed E-state index contributed by atoms with van der Waals surface area (Å²) in [7, 11) is -2.48. The van der Waals surface area contributed by atoms with Crippen LogP contribution in [0.1, 0.15) is 32.0 Å². The van der Waals surface area contributed by atoms with Crippen molar-refractivity contribution in [2.45, 2.75) is 18.7 Å². The number of benzene rings is 1. The highest BCUT2D eigenvalue weighted by Gasteiger charge is 2.22. The van der Waals surface area contributed by atoms with Crippen LogP contribution in [0.15, 0.2) is 35.4 Å². The Bertz CT molecular complexity index is 915. The van der Waals surface area contributed by atoms with Gasteiger partial charge in [-0.25, -0.2) is 13.2 Å². The van der Waals surface area contributed by atoms with E-state index in [0.717, 1.165) is 6.07 Å². The van der Waals surface area contributed by atoms with Gasteiger partial charge in [0.15, 0.2) is 0 Å². The normalized spacial score (nSPS) is 11.3. The molecule has 9 heteroatoms. The number of hydrogen-bond acceptors (Lipinski definition) is 4. The highest BCUT2D eigenvalue weighted by atomic mass is 32.2. The molecule has 0 unspecified atom stereocenters. The molecule has 1 aromatic carbocycles. The molecule has 0 saturated carbocycles. The van der Waals surface area contributed by atoms with E-state index in [1.807, 2.05) is 4.83 Å². The number of carbonyl (C=O) groups is 2. The molecule has 1 amide bonds. The Kier molecular flexibility index (Phi) is 4.76. The Morgan fingerprint density at radius 3 is 2.42 bits per heavy atom. The highest BCUT2D eigenvalue weighted by molar-refractivity contribution is 7.89. The maximum absolute atomic E-state index is 12.4. The van der Waals surface area contributed by atoms with Crippen LogP contribution >= 0.6 is 0 Å². The molecule has 0 spiro atoms. The molecule has 1 heterocycles. The zero-order chi connectivity index (χ0) is 18.1. The van der Waals surface area contributed by atoms with Crippen LogP contribution in [0, 0.1) is 13.8 Å². The zero-order valence-electron chi connectivity index (χ0n) is 13.3. The van der Waals surface area contributed by atoms with Crippen LogP contribution in [0.2, 0.25) is 0 Å². The first-order valence-corrected chi connectivity index (χ1v) is 8.40.